The topological polar surface area (TPSA) is 0 Å². The molecule has 0 aromatic rings. The summed E-state index contributed by atoms with van der Waals surface area (Å²) >= 11 is 0. The number of rotatable bonds is 0. The fourth-order valence-electron chi connectivity index (χ4n) is 0. The molecule has 0 aromatic heterocycles. The maximum absolute atomic E-state index is 0. The van der Waals surface area contributed by atoms with Crippen molar-refractivity contribution in [1.82, 2.24) is 0 Å². The van der Waals surface area contributed by atoms with Gasteiger partial charge in [-0.25, -0.2) is 0 Å². The Labute approximate surface area is 159 Å². The van der Waals surface area contributed by atoms with Crippen molar-refractivity contribution in [1.29, 1.82) is 0 Å². The molecule has 0 unspecified atom stereocenters. The molecule has 0 aliphatic rings. The molecule has 0 spiro atoms. The first-order chi connectivity index (χ1) is 0. The molecule has 0 heterocycles. The average molecular weight is 907 g/mol. The summed E-state index contributed by atoms with van der Waals surface area (Å²) in [7, 11) is 0. The van der Waals surface area contributed by atoms with Crippen molar-refractivity contribution in [3.05, 3.63) is 0 Å². The minimum Gasteiger partial charge on any atom is -1.00 e. The van der Waals surface area contributed by atoms with Gasteiger partial charge in [-0.1, -0.05) is 0 Å². The van der Waals surface area contributed by atoms with Crippen molar-refractivity contribution in [3.63, 3.8) is 0 Å². The Morgan fingerprint density at radius 1 is 0.429 bits per heavy atom. The van der Waals surface area contributed by atoms with Gasteiger partial charge in [-0.3, -0.25) is 0 Å². The fourth-order valence-corrected chi connectivity index (χ4v) is 0. The van der Waals surface area contributed by atoms with E-state index in [1.807, 2.05) is 0 Å². The molecule has 0 nitrogen and oxygen atoms in total. The molecular weight excluding hydrogens is 907 g/mol. The maximum Gasteiger partial charge on any atom is 3.00 e. The third-order valence-corrected chi connectivity index (χ3v) is 0. The van der Waals surface area contributed by atoms with Gasteiger partial charge in [0.1, 0.15) is 0 Å². The molecule has 0 amide bonds. The van der Waals surface area contributed by atoms with Gasteiger partial charge >= 0.3 is 43.3 Å². The van der Waals surface area contributed by atoms with Crippen LogP contribution in [0.4, 0.5) is 0 Å². The van der Waals surface area contributed by atoms with Gasteiger partial charge < -0.3 is 120 Å². The van der Waals surface area contributed by atoms with Crippen LogP contribution in [0.2, 0.25) is 0 Å². The Morgan fingerprint density at radius 3 is 0.429 bits per heavy atom. The van der Waals surface area contributed by atoms with Crippen LogP contribution in [0.5, 0.6) is 0 Å². The minimum absolute atomic E-state index is 0. The van der Waals surface area contributed by atoms with Crippen LogP contribution in [-0.2, 0) is 17.1 Å². The van der Waals surface area contributed by atoms with E-state index < -0.39 is 0 Å². The van der Waals surface area contributed by atoms with E-state index in [0.717, 1.165) is 0 Å². The van der Waals surface area contributed by atoms with Crippen molar-refractivity contribution >= 4 is 26.2 Å². The summed E-state index contributed by atoms with van der Waals surface area (Å²) in [6.07, 6.45) is 0. The van der Waals surface area contributed by atoms with Crippen LogP contribution in [0.1, 0.15) is 0 Å². The first-order valence-corrected chi connectivity index (χ1v) is 0. The second-order valence-corrected chi connectivity index (χ2v) is 0. The van der Waals surface area contributed by atoms with Gasteiger partial charge in [0.15, 0.2) is 0 Å². The second kappa shape index (κ2) is 43.8. The molecule has 0 bridgehead atoms. The van der Waals surface area contributed by atoms with E-state index >= 15 is 0 Å². The monoisotopic (exact) mass is 906 g/mol. The van der Waals surface area contributed by atoms with Crippen LogP contribution in [0.15, 0.2) is 0 Å². The molecule has 51 valence electrons. The van der Waals surface area contributed by atoms with Gasteiger partial charge in [0.25, 0.3) is 0 Å². The smallest absolute Gasteiger partial charge is 1.00 e. The van der Waals surface area contributed by atoms with Gasteiger partial charge in [-0.05, 0) is 0 Å². The summed E-state index contributed by atoms with van der Waals surface area (Å²) in [5, 5.41) is 0. The van der Waals surface area contributed by atoms with Crippen molar-refractivity contribution in [2.24, 2.45) is 0 Å². The van der Waals surface area contributed by atoms with Gasteiger partial charge in [0.05, 0.1) is 0 Å². The van der Waals surface area contributed by atoms with Crippen molar-refractivity contribution < 1.29 is 137 Å². The van der Waals surface area contributed by atoms with E-state index in [4.69, 9.17) is 0 Å². The third kappa shape index (κ3) is 35.5. The maximum atomic E-state index is 0. The Kier molecular flexibility index (Phi) is 360. The van der Waals surface area contributed by atoms with Crippen LogP contribution in [-0.4, -0.2) is 26.2 Å². The van der Waals surface area contributed by atoms with Crippen molar-refractivity contribution in [2.45, 2.75) is 0 Å². The first-order valence-electron chi connectivity index (χ1n) is 0. The molecule has 0 N–H and O–H groups in total. The van der Waals surface area contributed by atoms with Crippen LogP contribution in [0.3, 0.4) is 0 Å². The Balaban J connectivity index is 0. The second-order valence-electron chi connectivity index (χ2n) is 0. The Hall–Kier alpha value is 5.05. The molecule has 0 atom stereocenters. The molecule has 0 saturated heterocycles. The van der Waals surface area contributed by atoms with Crippen molar-refractivity contribution in [3.8, 4) is 0 Å². The van der Waals surface area contributed by atoms with Gasteiger partial charge in [0.2, 0.25) is 0 Å². The molecule has 0 aliphatic heterocycles. The summed E-state index contributed by atoms with van der Waals surface area (Å²) < 4.78 is 0. The molecular formula is BiCuI5. The average Bonchev–Trinajstić information content (AvgIpc) is 0. The number of halogens is 5. The molecule has 7 heavy (non-hydrogen) atoms. The normalized spacial score (nSPS) is 0. The summed E-state index contributed by atoms with van der Waals surface area (Å²) in [4.78, 5) is 0. The van der Waals surface area contributed by atoms with E-state index in [-0.39, 0.29) is 163 Å². The van der Waals surface area contributed by atoms with E-state index in [0.29, 0.717) is 0 Å². The SMILES string of the molecule is [Bi+3].[Cu+2].[I-].[I-].[I-].[I-].[I-]. The van der Waals surface area contributed by atoms with E-state index in [1.165, 1.54) is 0 Å². The first kappa shape index (κ1) is 57.7. The minimum atomic E-state index is 0. The molecule has 3 radical (unpaired) electrons. The van der Waals surface area contributed by atoms with Crippen LogP contribution >= 0.6 is 0 Å². The quantitative estimate of drug-likeness (QED) is 0.168. The number of hydrogen-bond acceptors (Lipinski definition) is 0. The van der Waals surface area contributed by atoms with Crippen LogP contribution in [0.25, 0.3) is 0 Å². The van der Waals surface area contributed by atoms with Crippen LogP contribution in [0, 0.1) is 0 Å². The molecule has 7 heteroatoms. The molecule has 0 aliphatic carbocycles. The Bertz CT molecular complexity index is 8.04. The molecule has 0 fully saturated rings. The summed E-state index contributed by atoms with van der Waals surface area (Å²) in [5.74, 6) is 0. The van der Waals surface area contributed by atoms with Gasteiger partial charge in [-0.15, -0.1) is 0 Å². The zero-order valence-corrected chi connectivity index (χ0v) is 17.8. The van der Waals surface area contributed by atoms with E-state index in [1.54, 1.807) is 0 Å². The van der Waals surface area contributed by atoms with E-state index in [9.17, 15) is 0 Å². The number of hydrogen-bond donors (Lipinski definition) is 0. The largest absolute Gasteiger partial charge is 3.00 e. The van der Waals surface area contributed by atoms with Gasteiger partial charge in [0, 0.05) is 0 Å². The zero-order chi connectivity index (χ0) is 0. The van der Waals surface area contributed by atoms with E-state index in [2.05, 4.69) is 0 Å². The third-order valence-electron chi connectivity index (χ3n) is 0. The summed E-state index contributed by atoms with van der Waals surface area (Å²) in [6, 6.07) is 0. The van der Waals surface area contributed by atoms with Crippen molar-refractivity contribution in [2.75, 3.05) is 0 Å². The van der Waals surface area contributed by atoms with Crippen LogP contribution < -0.4 is 120 Å². The van der Waals surface area contributed by atoms with Gasteiger partial charge in [-0.2, -0.15) is 0 Å². The summed E-state index contributed by atoms with van der Waals surface area (Å²) in [6.45, 7) is 0. The molecule has 0 saturated carbocycles. The predicted octanol–water partition coefficient (Wildman–Crippen LogP) is -15.4. The standard InChI is InChI=1S/Bi.Cu.5HI/h;;5*1H/q+3;+2;;;;;/p-5. The molecule has 0 rings (SSSR count). The zero-order valence-electron chi connectivity index (χ0n) is 2.64. The Morgan fingerprint density at radius 2 is 0.429 bits per heavy atom. The summed E-state index contributed by atoms with van der Waals surface area (Å²) in [5.41, 5.74) is 0. The molecule has 0 aromatic carbocycles. The fraction of sp³-hybridized carbons (Fsp3) is 0. The predicted molar refractivity (Wildman–Crippen MR) is 5.75 cm³/mol.